The second-order valence-corrected chi connectivity index (χ2v) is 7.07. The summed E-state index contributed by atoms with van der Waals surface area (Å²) in [6.07, 6.45) is -0.00245. The molecular formula is C15H16NO2P. The fourth-order valence-electron chi connectivity index (χ4n) is 1.95. The molecule has 2 aromatic carbocycles. The Labute approximate surface area is 113 Å². The van der Waals surface area contributed by atoms with Crippen molar-refractivity contribution in [2.45, 2.75) is 0 Å². The van der Waals surface area contributed by atoms with Crippen LogP contribution in [0.25, 0.3) is 0 Å². The predicted molar refractivity (Wildman–Crippen MR) is 78.7 cm³/mol. The van der Waals surface area contributed by atoms with E-state index in [4.69, 9.17) is 0 Å². The molecule has 0 aromatic heterocycles. The van der Waals surface area contributed by atoms with E-state index in [9.17, 15) is 9.36 Å². The normalized spacial score (nSPS) is 11.0. The maximum absolute atomic E-state index is 13.3. The van der Waals surface area contributed by atoms with Gasteiger partial charge in [-0.25, -0.2) is 0 Å². The molecule has 1 N–H and O–H groups in total. The Bertz CT molecular complexity index is 553. The van der Waals surface area contributed by atoms with E-state index in [2.05, 4.69) is 5.32 Å². The molecule has 19 heavy (non-hydrogen) atoms. The van der Waals surface area contributed by atoms with Crippen LogP contribution in [-0.2, 0) is 9.36 Å². The molecular weight excluding hydrogens is 257 g/mol. The average Bonchev–Trinajstić information content (AvgIpc) is 2.48. The third-order valence-electron chi connectivity index (χ3n) is 2.99. The van der Waals surface area contributed by atoms with Gasteiger partial charge in [-0.2, -0.15) is 0 Å². The van der Waals surface area contributed by atoms with Gasteiger partial charge in [0.25, 0.3) is 0 Å². The van der Waals surface area contributed by atoms with Crippen LogP contribution in [0.3, 0.4) is 0 Å². The molecule has 0 aliphatic rings. The number of hydrogen-bond acceptors (Lipinski definition) is 2. The van der Waals surface area contributed by atoms with Crippen molar-refractivity contribution in [3.63, 3.8) is 0 Å². The van der Waals surface area contributed by atoms with Crippen molar-refractivity contribution in [2.24, 2.45) is 0 Å². The lowest BCUT2D eigenvalue weighted by Crippen LogP contribution is -2.28. The van der Waals surface area contributed by atoms with Crippen molar-refractivity contribution < 1.29 is 9.36 Å². The first kappa shape index (κ1) is 13.6. The molecule has 0 bridgehead atoms. The smallest absolute Gasteiger partial charge is 0.227 e. The highest BCUT2D eigenvalue weighted by molar-refractivity contribution is 7.79. The lowest BCUT2D eigenvalue weighted by Gasteiger charge is -2.18. The Morgan fingerprint density at radius 2 is 1.37 bits per heavy atom. The molecule has 0 saturated heterocycles. The average molecular weight is 273 g/mol. The molecule has 0 heterocycles. The topological polar surface area (TPSA) is 46.2 Å². The molecule has 0 atom stereocenters. The first-order valence-electron chi connectivity index (χ1n) is 6.08. The van der Waals surface area contributed by atoms with E-state index in [1.54, 1.807) is 7.05 Å². The first-order valence-corrected chi connectivity index (χ1v) is 7.97. The Morgan fingerprint density at radius 1 is 0.947 bits per heavy atom. The van der Waals surface area contributed by atoms with Crippen LogP contribution in [0.5, 0.6) is 0 Å². The standard InChI is InChI=1S/C15H16NO2P/c1-16-15(17)12-19(18,13-8-4-2-5-9-13)14-10-6-3-7-11-14/h2-11H,12H2,1H3,(H,16,17). The van der Waals surface area contributed by atoms with Crippen LogP contribution in [0.15, 0.2) is 60.7 Å². The van der Waals surface area contributed by atoms with E-state index in [-0.39, 0.29) is 12.1 Å². The van der Waals surface area contributed by atoms with E-state index >= 15 is 0 Å². The van der Waals surface area contributed by atoms with Crippen LogP contribution < -0.4 is 15.9 Å². The van der Waals surface area contributed by atoms with E-state index < -0.39 is 7.14 Å². The number of hydrogen-bond donors (Lipinski definition) is 1. The number of benzene rings is 2. The maximum Gasteiger partial charge on any atom is 0.227 e. The van der Waals surface area contributed by atoms with Gasteiger partial charge in [-0.15, -0.1) is 0 Å². The van der Waals surface area contributed by atoms with Crippen molar-refractivity contribution in [3.8, 4) is 0 Å². The summed E-state index contributed by atoms with van der Waals surface area (Å²) in [5.41, 5.74) is 0. The largest absolute Gasteiger partial charge is 0.359 e. The molecule has 0 unspecified atom stereocenters. The van der Waals surface area contributed by atoms with Crippen LogP contribution >= 0.6 is 7.14 Å². The molecule has 0 fully saturated rings. The Balaban J connectivity index is 2.51. The lowest BCUT2D eigenvalue weighted by atomic mass is 10.4. The van der Waals surface area contributed by atoms with Crippen molar-refractivity contribution in [1.29, 1.82) is 0 Å². The third kappa shape index (κ3) is 2.94. The summed E-state index contributed by atoms with van der Waals surface area (Å²) >= 11 is 0. The highest BCUT2D eigenvalue weighted by Gasteiger charge is 2.29. The van der Waals surface area contributed by atoms with Crippen LogP contribution in [0.2, 0.25) is 0 Å². The fourth-order valence-corrected chi connectivity index (χ4v) is 4.48. The van der Waals surface area contributed by atoms with Gasteiger partial charge in [0.15, 0.2) is 7.14 Å². The molecule has 4 heteroatoms. The zero-order chi connectivity index (χ0) is 13.7. The molecule has 0 saturated carbocycles. The van der Waals surface area contributed by atoms with Crippen molar-refractivity contribution >= 4 is 23.7 Å². The monoisotopic (exact) mass is 273 g/mol. The van der Waals surface area contributed by atoms with Gasteiger partial charge < -0.3 is 9.88 Å². The quantitative estimate of drug-likeness (QED) is 0.863. The number of carbonyl (C=O) groups excluding carboxylic acids is 1. The molecule has 0 radical (unpaired) electrons. The highest BCUT2D eigenvalue weighted by Crippen LogP contribution is 2.42. The fraction of sp³-hybridized carbons (Fsp3) is 0.133. The minimum Gasteiger partial charge on any atom is -0.359 e. The second kappa shape index (κ2) is 5.85. The number of carbonyl (C=O) groups is 1. The van der Waals surface area contributed by atoms with Gasteiger partial charge in [0, 0.05) is 17.7 Å². The van der Waals surface area contributed by atoms with E-state index in [1.165, 1.54) is 0 Å². The molecule has 98 valence electrons. The number of amides is 1. The SMILES string of the molecule is CNC(=O)CP(=O)(c1ccccc1)c1ccccc1. The zero-order valence-electron chi connectivity index (χ0n) is 10.7. The summed E-state index contributed by atoms with van der Waals surface area (Å²) in [4.78, 5) is 11.7. The Kier molecular flexibility index (Phi) is 4.18. The third-order valence-corrected chi connectivity index (χ3v) is 5.99. The summed E-state index contributed by atoms with van der Waals surface area (Å²) < 4.78 is 13.3. The van der Waals surface area contributed by atoms with E-state index in [0.29, 0.717) is 10.6 Å². The summed E-state index contributed by atoms with van der Waals surface area (Å²) in [6, 6.07) is 18.4. The summed E-state index contributed by atoms with van der Waals surface area (Å²) in [6.45, 7) is 0. The van der Waals surface area contributed by atoms with Gasteiger partial charge in [-0.05, 0) is 0 Å². The van der Waals surface area contributed by atoms with Gasteiger partial charge in [-0.3, -0.25) is 4.79 Å². The highest BCUT2D eigenvalue weighted by atomic mass is 31.2. The van der Waals surface area contributed by atoms with E-state index in [0.717, 1.165) is 0 Å². The molecule has 3 nitrogen and oxygen atoms in total. The molecule has 0 aliphatic carbocycles. The summed E-state index contributed by atoms with van der Waals surface area (Å²) in [5, 5.41) is 3.97. The van der Waals surface area contributed by atoms with Crippen molar-refractivity contribution in [1.82, 2.24) is 5.32 Å². The minimum absolute atomic E-state index is 0.00245. The zero-order valence-corrected chi connectivity index (χ0v) is 11.6. The van der Waals surface area contributed by atoms with Gasteiger partial charge in [0.05, 0.1) is 6.16 Å². The van der Waals surface area contributed by atoms with Crippen molar-refractivity contribution in [3.05, 3.63) is 60.7 Å². The molecule has 0 spiro atoms. The van der Waals surface area contributed by atoms with Crippen LogP contribution in [-0.4, -0.2) is 19.1 Å². The number of rotatable bonds is 4. The lowest BCUT2D eigenvalue weighted by molar-refractivity contribution is -0.118. The van der Waals surface area contributed by atoms with Gasteiger partial charge >= 0.3 is 0 Å². The van der Waals surface area contributed by atoms with Crippen LogP contribution in [0.4, 0.5) is 0 Å². The maximum atomic E-state index is 13.3. The summed E-state index contributed by atoms with van der Waals surface area (Å²) in [7, 11) is -1.35. The molecule has 1 amide bonds. The van der Waals surface area contributed by atoms with Gasteiger partial charge in [0.2, 0.25) is 5.91 Å². The minimum atomic E-state index is -2.91. The van der Waals surface area contributed by atoms with Crippen molar-refractivity contribution in [2.75, 3.05) is 13.2 Å². The second-order valence-electron chi connectivity index (χ2n) is 4.24. The van der Waals surface area contributed by atoms with Crippen LogP contribution in [0, 0.1) is 0 Å². The molecule has 0 aliphatic heterocycles. The molecule has 2 aromatic rings. The Hall–Kier alpha value is -1.86. The Morgan fingerprint density at radius 3 is 1.74 bits per heavy atom. The van der Waals surface area contributed by atoms with Gasteiger partial charge in [0.1, 0.15) is 0 Å². The van der Waals surface area contributed by atoms with E-state index in [1.807, 2.05) is 60.7 Å². The summed E-state index contributed by atoms with van der Waals surface area (Å²) in [5.74, 6) is -0.212. The number of nitrogens with one attached hydrogen (secondary N) is 1. The first-order chi connectivity index (χ1) is 9.16. The van der Waals surface area contributed by atoms with Gasteiger partial charge in [-0.1, -0.05) is 60.7 Å². The van der Waals surface area contributed by atoms with Crippen LogP contribution in [0.1, 0.15) is 0 Å². The predicted octanol–water partition coefficient (Wildman–Crippen LogP) is 1.75. The molecule has 2 rings (SSSR count).